The number of carbonyl (C=O) groups excluding carboxylic acids is 2. The van der Waals surface area contributed by atoms with Crippen LogP contribution in [0.2, 0.25) is 0 Å². The Balaban J connectivity index is 1.14. The number of piperidine rings is 1. The number of rotatable bonds is 3. The summed E-state index contributed by atoms with van der Waals surface area (Å²) in [4.78, 5) is 32.9. The Morgan fingerprint density at radius 1 is 1.06 bits per heavy atom. The van der Waals surface area contributed by atoms with Gasteiger partial charge in [0.2, 0.25) is 5.88 Å². The van der Waals surface area contributed by atoms with Gasteiger partial charge in [-0.3, -0.25) is 4.79 Å². The van der Waals surface area contributed by atoms with Crippen molar-refractivity contribution in [3.63, 3.8) is 0 Å². The summed E-state index contributed by atoms with van der Waals surface area (Å²) < 4.78 is 11.6. The molecule has 0 radical (unpaired) electrons. The third-order valence-electron chi connectivity index (χ3n) is 6.79. The molecule has 3 aliphatic rings. The second-order valence-electron chi connectivity index (χ2n) is 9.22. The number of nitrogens with zero attached hydrogens (tertiary/aromatic N) is 3. The lowest BCUT2D eigenvalue weighted by Gasteiger charge is -2.46. The number of hydrogen-bond acceptors (Lipinski definition) is 5. The number of amides is 2. The van der Waals surface area contributed by atoms with E-state index in [9.17, 15) is 9.59 Å². The van der Waals surface area contributed by atoms with Gasteiger partial charge in [0.15, 0.2) is 5.78 Å². The molecule has 0 aliphatic carbocycles. The molecule has 3 aliphatic heterocycles. The molecule has 32 heavy (non-hydrogen) atoms. The highest BCUT2D eigenvalue weighted by atomic mass is 16.5. The average molecular weight is 436 g/mol. The summed E-state index contributed by atoms with van der Waals surface area (Å²) in [6.45, 7) is 6.92. The van der Waals surface area contributed by atoms with Crippen LogP contribution < -0.4 is 4.74 Å². The molecule has 7 heteroatoms. The minimum Gasteiger partial charge on any atom is -0.439 e. The molecule has 0 spiro atoms. The maximum absolute atomic E-state index is 12.9. The Hall–Kier alpha value is -2.93. The quantitative estimate of drug-likeness (QED) is 0.735. The Bertz CT molecular complexity index is 1020. The van der Waals surface area contributed by atoms with Gasteiger partial charge in [0.1, 0.15) is 12.4 Å². The number of urea groups is 1. The number of likely N-dealkylation sites (tertiary alicyclic amines) is 2. The van der Waals surface area contributed by atoms with Crippen molar-refractivity contribution >= 4 is 11.8 Å². The SMILES string of the molecule is Cc1ccc(C)c(Oc2ccc(C3CN(C(=O)N4CC[C@@H]5OCC(=O)C[C@@H]5C4)C3)cc2)n1. The van der Waals surface area contributed by atoms with Crippen molar-refractivity contribution in [1.82, 2.24) is 14.8 Å². The summed E-state index contributed by atoms with van der Waals surface area (Å²) >= 11 is 0. The van der Waals surface area contributed by atoms with Crippen LogP contribution in [-0.2, 0) is 9.53 Å². The fourth-order valence-electron chi connectivity index (χ4n) is 4.82. The molecule has 3 fully saturated rings. The molecule has 0 unspecified atom stereocenters. The van der Waals surface area contributed by atoms with E-state index in [0.717, 1.165) is 36.5 Å². The number of ketones is 1. The number of aryl methyl sites for hydroxylation is 2. The number of fused-ring (bicyclic) bond motifs is 1. The maximum Gasteiger partial charge on any atom is 0.320 e. The van der Waals surface area contributed by atoms with Gasteiger partial charge in [0.05, 0.1) is 6.10 Å². The first-order chi connectivity index (χ1) is 15.5. The molecule has 2 aromatic rings. The number of Topliss-reactive ketones (excluding diaryl/α,β-unsaturated/α-hetero) is 1. The van der Waals surface area contributed by atoms with E-state index >= 15 is 0 Å². The Morgan fingerprint density at radius 3 is 2.62 bits per heavy atom. The number of ether oxygens (including phenoxy) is 2. The van der Waals surface area contributed by atoms with E-state index in [0.29, 0.717) is 31.3 Å². The van der Waals surface area contributed by atoms with E-state index in [4.69, 9.17) is 9.47 Å². The lowest BCUT2D eigenvalue weighted by atomic mass is 9.87. The fourth-order valence-corrected chi connectivity index (χ4v) is 4.82. The van der Waals surface area contributed by atoms with Gasteiger partial charge in [0.25, 0.3) is 0 Å². The van der Waals surface area contributed by atoms with Gasteiger partial charge >= 0.3 is 6.03 Å². The highest BCUT2D eigenvalue weighted by Gasteiger charge is 2.40. The molecule has 7 nitrogen and oxygen atoms in total. The van der Waals surface area contributed by atoms with E-state index in [1.807, 2.05) is 47.9 Å². The minimum absolute atomic E-state index is 0.0821. The highest BCUT2D eigenvalue weighted by Crippen LogP contribution is 2.33. The maximum atomic E-state index is 12.9. The molecule has 1 aromatic carbocycles. The molecular weight excluding hydrogens is 406 g/mol. The van der Waals surface area contributed by atoms with E-state index in [-0.39, 0.29) is 30.4 Å². The molecule has 0 saturated carbocycles. The van der Waals surface area contributed by atoms with Crippen molar-refractivity contribution in [1.29, 1.82) is 0 Å². The predicted octanol–water partition coefficient (Wildman–Crippen LogP) is 3.69. The molecule has 5 rings (SSSR count). The van der Waals surface area contributed by atoms with E-state index < -0.39 is 0 Å². The van der Waals surface area contributed by atoms with Crippen molar-refractivity contribution in [2.75, 3.05) is 32.8 Å². The standard InChI is InChI=1S/C25H29N3O4/c1-16-3-4-17(2)26-24(16)32-22-7-5-18(6-8-22)20-13-28(14-20)25(30)27-10-9-23-19(12-27)11-21(29)15-31-23/h3-8,19-20,23H,9-15H2,1-2H3/t19-,23+/m1/s1. The van der Waals surface area contributed by atoms with E-state index in [1.54, 1.807) is 0 Å². The molecule has 2 atom stereocenters. The first-order valence-corrected chi connectivity index (χ1v) is 11.4. The van der Waals surface area contributed by atoms with Gasteiger partial charge in [-0.1, -0.05) is 18.2 Å². The van der Waals surface area contributed by atoms with Gasteiger partial charge in [0, 0.05) is 55.7 Å². The van der Waals surface area contributed by atoms with Crippen LogP contribution in [0.25, 0.3) is 0 Å². The summed E-state index contributed by atoms with van der Waals surface area (Å²) in [7, 11) is 0. The lowest BCUT2D eigenvalue weighted by Crippen LogP contribution is -2.58. The number of benzene rings is 1. The summed E-state index contributed by atoms with van der Waals surface area (Å²) in [5.74, 6) is 2.01. The summed E-state index contributed by atoms with van der Waals surface area (Å²) in [6, 6.07) is 12.1. The van der Waals surface area contributed by atoms with E-state index in [1.165, 1.54) is 5.56 Å². The summed E-state index contributed by atoms with van der Waals surface area (Å²) in [5.41, 5.74) is 3.13. The Kier molecular flexibility index (Phi) is 5.59. The van der Waals surface area contributed by atoms with Crippen molar-refractivity contribution in [2.45, 2.75) is 38.7 Å². The molecular formula is C25H29N3O4. The Morgan fingerprint density at radius 2 is 1.84 bits per heavy atom. The third kappa shape index (κ3) is 4.21. The predicted molar refractivity (Wildman–Crippen MR) is 119 cm³/mol. The normalized spacial score (nSPS) is 23.5. The van der Waals surface area contributed by atoms with Crippen molar-refractivity contribution in [3.8, 4) is 11.6 Å². The Labute approximate surface area is 188 Å². The second kappa shape index (κ2) is 8.54. The van der Waals surface area contributed by atoms with Crippen molar-refractivity contribution in [3.05, 3.63) is 53.2 Å². The van der Waals surface area contributed by atoms with Crippen molar-refractivity contribution in [2.24, 2.45) is 5.92 Å². The second-order valence-corrected chi connectivity index (χ2v) is 9.22. The van der Waals surface area contributed by atoms with Crippen LogP contribution >= 0.6 is 0 Å². The van der Waals surface area contributed by atoms with Crippen molar-refractivity contribution < 1.29 is 19.1 Å². The number of pyridine rings is 1. The van der Waals surface area contributed by atoms with Crippen LogP contribution in [-0.4, -0.2) is 65.5 Å². The minimum atomic E-state index is 0.0821. The van der Waals surface area contributed by atoms with E-state index in [2.05, 4.69) is 17.1 Å². The molecule has 1 aromatic heterocycles. The zero-order valence-electron chi connectivity index (χ0n) is 18.6. The lowest BCUT2D eigenvalue weighted by molar-refractivity contribution is -0.140. The van der Waals surface area contributed by atoms with Crippen LogP contribution in [0.3, 0.4) is 0 Å². The molecule has 2 amide bonds. The molecule has 3 saturated heterocycles. The molecule has 168 valence electrons. The number of carbonyl (C=O) groups is 2. The van der Waals surface area contributed by atoms with Gasteiger partial charge in [-0.25, -0.2) is 9.78 Å². The molecule has 0 bridgehead atoms. The monoisotopic (exact) mass is 435 g/mol. The first kappa shape index (κ1) is 20.9. The van der Waals surface area contributed by atoms with Gasteiger partial charge in [-0.2, -0.15) is 0 Å². The van der Waals surface area contributed by atoms with Gasteiger partial charge < -0.3 is 19.3 Å². The zero-order valence-corrected chi connectivity index (χ0v) is 18.6. The highest BCUT2D eigenvalue weighted by molar-refractivity contribution is 5.81. The first-order valence-electron chi connectivity index (χ1n) is 11.4. The van der Waals surface area contributed by atoms with Crippen LogP contribution in [0.5, 0.6) is 11.6 Å². The van der Waals surface area contributed by atoms with Crippen LogP contribution in [0.1, 0.15) is 35.6 Å². The molecule has 0 N–H and O–H groups in total. The van der Waals surface area contributed by atoms with Crippen LogP contribution in [0, 0.1) is 19.8 Å². The summed E-state index contributed by atoms with van der Waals surface area (Å²) in [6.07, 6.45) is 1.47. The van der Waals surface area contributed by atoms with Gasteiger partial charge in [-0.05, 0) is 44.0 Å². The smallest absolute Gasteiger partial charge is 0.320 e. The number of hydrogen-bond donors (Lipinski definition) is 0. The largest absolute Gasteiger partial charge is 0.439 e. The average Bonchev–Trinajstić information content (AvgIpc) is 2.76. The number of aromatic nitrogens is 1. The summed E-state index contributed by atoms with van der Waals surface area (Å²) in [5, 5.41) is 0. The van der Waals surface area contributed by atoms with Crippen LogP contribution in [0.4, 0.5) is 4.79 Å². The third-order valence-corrected chi connectivity index (χ3v) is 6.79. The zero-order chi connectivity index (χ0) is 22.2. The van der Waals surface area contributed by atoms with Crippen LogP contribution in [0.15, 0.2) is 36.4 Å². The fraction of sp³-hybridized carbons (Fsp3) is 0.480. The topological polar surface area (TPSA) is 72.0 Å². The van der Waals surface area contributed by atoms with Gasteiger partial charge in [-0.15, -0.1) is 0 Å². The molecule has 4 heterocycles.